The van der Waals surface area contributed by atoms with E-state index in [2.05, 4.69) is 18.8 Å². The molecule has 0 aliphatic rings. The van der Waals surface area contributed by atoms with Gasteiger partial charge < -0.3 is 0 Å². The topological polar surface area (TPSA) is 54.9 Å². The van der Waals surface area contributed by atoms with Crippen LogP contribution in [0.15, 0.2) is 21.9 Å². The average Bonchev–Trinajstić information content (AvgIpc) is 2.53. The standard InChI is InChI=1S/C19H34N2O2/c1-3-5-7-9-11-13-17(14-12-10-8-6-4-2)21-16-15-18(22)20-19(21)23/h15-17H,3-14H2,1-2H3,(H,20,22,23). The molecule has 0 atom stereocenters. The van der Waals surface area contributed by atoms with Crippen molar-refractivity contribution in [3.05, 3.63) is 33.1 Å². The molecular formula is C19H34N2O2. The molecule has 1 rings (SSSR count). The van der Waals surface area contributed by atoms with Gasteiger partial charge in [0.2, 0.25) is 0 Å². The molecule has 0 aliphatic heterocycles. The molecule has 1 heterocycles. The fourth-order valence-electron chi connectivity index (χ4n) is 3.10. The predicted molar refractivity (Wildman–Crippen MR) is 97.1 cm³/mol. The summed E-state index contributed by atoms with van der Waals surface area (Å²) in [5.41, 5.74) is -0.569. The number of hydrogen-bond acceptors (Lipinski definition) is 2. The molecule has 0 amide bonds. The fraction of sp³-hybridized carbons (Fsp3) is 0.789. The van der Waals surface area contributed by atoms with Gasteiger partial charge >= 0.3 is 5.69 Å². The lowest BCUT2D eigenvalue weighted by Gasteiger charge is -2.19. The normalized spacial score (nSPS) is 11.3. The highest BCUT2D eigenvalue weighted by molar-refractivity contribution is 4.86. The number of hydrogen-bond donors (Lipinski definition) is 1. The molecule has 0 radical (unpaired) electrons. The van der Waals surface area contributed by atoms with Crippen molar-refractivity contribution in [2.75, 3.05) is 0 Å². The summed E-state index contributed by atoms with van der Waals surface area (Å²) in [7, 11) is 0. The van der Waals surface area contributed by atoms with Gasteiger partial charge in [-0.1, -0.05) is 78.1 Å². The zero-order valence-electron chi connectivity index (χ0n) is 15.0. The summed E-state index contributed by atoms with van der Waals surface area (Å²) in [5, 5.41) is 0. The van der Waals surface area contributed by atoms with Crippen LogP contribution in [0.4, 0.5) is 0 Å². The number of aromatic amines is 1. The van der Waals surface area contributed by atoms with E-state index in [-0.39, 0.29) is 17.3 Å². The number of rotatable bonds is 13. The summed E-state index contributed by atoms with van der Waals surface area (Å²) in [5.74, 6) is 0. The van der Waals surface area contributed by atoms with Crippen LogP contribution in [0.2, 0.25) is 0 Å². The lowest BCUT2D eigenvalue weighted by molar-refractivity contribution is 0.381. The number of nitrogens with one attached hydrogen (secondary N) is 1. The summed E-state index contributed by atoms with van der Waals surface area (Å²) in [4.78, 5) is 25.7. The highest BCUT2D eigenvalue weighted by Crippen LogP contribution is 2.22. The maximum atomic E-state index is 12.1. The van der Waals surface area contributed by atoms with Crippen molar-refractivity contribution in [2.24, 2.45) is 0 Å². The Morgan fingerprint density at radius 3 is 1.87 bits per heavy atom. The Bertz CT molecular complexity index is 505. The molecule has 4 nitrogen and oxygen atoms in total. The second kappa shape index (κ2) is 12.1. The number of H-pyrrole nitrogens is 1. The van der Waals surface area contributed by atoms with Gasteiger partial charge in [-0.3, -0.25) is 14.3 Å². The summed E-state index contributed by atoms with van der Waals surface area (Å²) < 4.78 is 1.74. The van der Waals surface area contributed by atoms with Gasteiger partial charge in [0.1, 0.15) is 0 Å². The smallest absolute Gasteiger partial charge is 0.298 e. The first-order chi connectivity index (χ1) is 11.2. The molecule has 0 aliphatic carbocycles. The molecule has 0 saturated heterocycles. The molecule has 1 aromatic rings. The first kappa shape index (κ1) is 19.7. The quantitative estimate of drug-likeness (QED) is 0.530. The van der Waals surface area contributed by atoms with Crippen LogP contribution >= 0.6 is 0 Å². The van der Waals surface area contributed by atoms with Crippen LogP contribution in [0.3, 0.4) is 0 Å². The fourth-order valence-corrected chi connectivity index (χ4v) is 3.10. The van der Waals surface area contributed by atoms with Gasteiger partial charge in [-0.05, 0) is 12.8 Å². The van der Waals surface area contributed by atoms with Gasteiger partial charge in [-0.2, -0.15) is 0 Å². The Morgan fingerprint density at radius 1 is 0.870 bits per heavy atom. The maximum absolute atomic E-state index is 12.1. The molecule has 0 saturated carbocycles. The highest BCUT2D eigenvalue weighted by atomic mass is 16.2. The van der Waals surface area contributed by atoms with Crippen molar-refractivity contribution in [1.29, 1.82) is 0 Å². The van der Waals surface area contributed by atoms with Gasteiger partial charge in [0.05, 0.1) is 0 Å². The third kappa shape index (κ3) is 8.19. The SMILES string of the molecule is CCCCCCCC(CCCCCCC)n1ccc(=O)[nH]c1=O. The van der Waals surface area contributed by atoms with Crippen LogP contribution < -0.4 is 11.2 Å². The number of aromatic nitrogens is 2. The van der Waals surface area contributed by atoms with E-state index in [1.807, 2.05) is 0 Å². The molecule has 23 heavy (non-hydrogen) atoms. The van der Waals surface area contributed by atoms with E-state index >= 15 is 0 Å². The minimum atomic E-state index is -0.309. The Hall–Kier alpha value is -1.32. The van der Waals surface area contributed by atoms with E-state index in [0.29, 0.717) is 0 Å². The number of unbranched alkanes of at least 4 members (excludes halogenated alkanes) is 8. The van der Waals surface area contributed by atoms with Crippen molar-refractivity contribution in [2.45, 2.75) is 96.9 Å². The Labute approximate surface area is 140 Å². The lowest BCUT2D eigenvalue weighted by atomic mass is 10.00. The first-order valence-corrected chi connectivity index (χ1v) is 9.50. The van der Waals surface area contributed by atoms with Crippen LogP contribution in [-0.2, 0) is 0 Å². The summed E-state index contributed by atoms with van der Waals surface area (Å²) in [6, 6.07) is 1.69. The van der Waals surface area contributed by atoms with Gasteiger partial charge in [-0.15, -0.1) is 0 Å². The van der Waals surface area contributed by atoms with E-state index in [0.717, 1.165) is 25.7 Å². The second-order valence-electron chi connectivity index (χ2n) is 6.58. The zero-order valence-corrected chi connectivity index (χ0v) is 15.0. The molecule has 132 valence electrons. The van der Waals surface area contributed by atoms with Gasteiger partial charge in [0, 0.05) is 18.3 Å². The minimum Gasteiger partial charge on any atom is -0.298 e. The van der Waals surface area contributed by atoms with Gasteiger partial charge in [0.15, 0.2) is 0 Å². The molecule has 1 aromatic heterocycles. The largest absolute Gasteiger partial charge is 0.328 e. The predicted octanol–water partition coefficient (Wildman–Crippen LogP) is 4.80. The van der Waals surface area contributed by atoms with E-state index < -0.39 is 0 Å². The monoisotopic (exact) mass is 322 g/mol. The summed E-state index contributed by atoms with van der Waals surface area (Å²) >= 11 is 0. The van der Waals surface area contributed by atoms with Crippen LogP contribution in [0, 0.1) is 0 Å². The van der Waals surface area contributed by atoms with E-state index in [9.17, 15) is 9.59 Å². The Balaban J connectivity index is 2.56. The van der Waals surface area contributed by atoms with E-state index in [4.69, 9.17) is 0 Å². The van der Waals surface area contributed by atoms with Gasteiger partial charge in [-0.25, -0.2) is 4.79 Å². The second-order valence-corrected chi connectivity index (χ2v) is 6.58. The van der Waals surface area contributed by atoms with Crippen LogP contribution in [0.1, 0.15) is 96.9 Å². The minimum absolute atomic E-state index is 0.225. The van der Waals surface area contributed by atoms with Crippen LogP contribution in [-0.4, -0.2) is 9.55 Å². The van der Waals surface area contributed by atoms with E-state index in [1.165, 1.54) is 57.4 Å². The summed E-state index contributed by atoms with van der Waals surface area (Å²) in [6.07, 6.45) is 16.2. The van der Waals surface area contributed by atoms with E-state index in [1.54, 1.807) is 10.8 Å². The molecule has 0 spiro atoms. The maximum Gasteiger partial charge on any atom is 0.328 e. The number of nitrogens with zero attached hydrogens (tertiary/aromatic N) is 1. The van der Waals surface area contributed by atoms with Gasteiger partial charge in [0.25, 0.3) is 5.56 Å². The zero-order chi connectivity index (χ0) is 16.9. The van der Waals surface area contributed by atoms with Crippen molar-refractivity contribution in [1.82, 2.24) is 9.55 Å². The highest BCUT2D eigenvalue weighted by Gasteiger charge is 2.12. The third-order valence-electron chi connectivity index (χ3n) is 4.53. The van der Waals surface area contributed by atoms with Crippen molar-refractivity contribution < 1.29 is 0 Å². The summed E-state index contributed by atoms with van der Waals surface area (Å²) in [6.45, 7) is 4.44. The average molecular weight is 322 g/mol. The molecule has 0 aromatic carbocycles. The molecule has 0 unspecified atom stereocenters. The first-order valence-electron chi connectivity index (χ1n) is 9.50. The molecule has 1 N–H and O–H groups in total. The molecular weight excluding hydrogens is 288 g/mol. The Kier molecular flexibility index (Phi) is 10.4. The van der Waals surface area contributed by atoms with Crippen LogP contribution in [0.5, 0.6) is 0 Å². The third-order valence-corrected chi connectivity index (χ3v) is 4.53. The Morgan fingerprint density at radius 2 is 1.39 bits per heavy atom. The van der Waals surface area contributed by atoms with Crippen molar-refractivity contribution >= 4 is 0 Å². The molecule has 0 fully saturated rings. The van der Waals surface area contributed by atoms with Crippen molar-refractivity contribution in [3.63, 3.8) is 0 Å². The van der Waals surface area contributed by atoms with Crippen LogP contribution in [0.25, 0.3) is 0 Å². The lowest BCUT2D eigenvalue weighted by Crippen LogP contribution is -2.31. The molecule has 0 bridgehead atoms. The van der Waals surface area contributed by atoms with Crippen molar-refractivity contribution in [3.8, 4) is 0 Å². The molecule has 4 heteroatoms.